The van der Waals surface area contributed by atoms with Crippen LogP contribution in [-0.4, -0.2) is 28.3 Å². The van der Waals surface area contributed by atoms with Gasteiger partial charge in [-0.2, -0.15) is 5.10 Å². The van der Waals surface area contributed by atoms with Gasteiger partial charge in [0.1, 0.15) is 5.56 Å². The molecule has 0 bridgehead atoms. The van der Waals surface area contributed by atoms with E-state index in [-0.39, 0.29) is 12.5 Å². The maximum absolute atomic E-state index is 12.3. The lowest BCUT2D eigenvalue weighted by atomic mass is 10.2. The van der Waals surface area contributed by atoms with Crippen LogP contribution < -0.4 is 5.32 Å². The highest BCUT2D eigenvalue weighted by Gasteiger charge is 2.17. The molecule has 3 rings (SSSR count). The summed E-state index contributed by atoms with van der Waals surface area (Å²) in [5.41, 5.74) is 2.71. The van der Waals surface area contributed by atoms with Crippen LogP contribution in [0.3, 0.4) is 0 Å². The number of aromatic nitrogens is 2. The molecule has 0 saturated heterocycles. The van der Waals surface area contributed by atoms with Gasteiger partial charge in [-0.05, 0) is 36.8 Å². The summed E-state index contributed by atoms with van der Waals surface area (Å²) in [5.74, 6) is -0.970. The number of para-hydroxylation sites is 1. The minimum atomic E-state index is -0.587. The first-order chi connectivity index (χ1) is 13.0. The zero-order valence-electron chi connectivity index (χ0n) is 14.7. The van der Waals surface area contributed by atoms with Crippen LogP contribution in [0.25, 0.3) is 5.69 Å². The number of hydrogen-bond acceptors (Lipinski definition) is 4. The average molecular weight is 384 g/mol. The maximum atomic E-state index is 12.3. The molecule has 0 spiro atoms. The van der Waals surface area contributed by atoms with Crippen LogP contribution in [0.15, 0.2) is 60.8 Å². The molecule has 0 aliphatic carbocycles. The SMILES string of the molecule is Cc1c(C(=O)OCC(=O)NCc2ccc(Cl)cc2)cnn1-c1ccccc1. The number of esters is 1. The highest BCUT2D eigenvalue weighted by molar-refractivity contribution is 6.30. The van der Waals surface area contributed by atoms with Crippen molar-refractivity contribution in [2.24, 2.45) is 0 Å². The fourth-order valence-electron chi connectivity index (χ4n) is 2.50. The third-order valence-corrected chi connectivity index (χ3v) is 4.22. The van der Waals surface area contributed by atoms with E-state index in [1.54, 1.807) is 23.7 Å². The fourth-order valence-corrected chi connectivity index (χ4v) is 2.63. The van der Waals surface area contributed by atoms with E-state index >= 15 is 0 Å². The van der Waals surface area contributed by atoms with Crippen LogP contribution in [0.5, 0.6) is 0 Å². The summed E-state index contributed by atoms with van der Waals surface area (Å²) in [6.07, 6.45) is 1.44. The number of benzene rings is 2. The lowest BCUT2D eigenvalue weighted by Crippen LogP contribution is -2.28. The summed E-state index contributed by atoms with van der Waals surface area (Å²) in [6.45, 7) is 1.75. The van der Waals surface area contributed by atoms with Crippen LogP contribution in [0.2, 0.25) is 5.02 Å². The van der Waals surface area contributed by atoms with Crippen LogP contribution in [-0.2, 0) is 16.1 Å². The number of hydrogen-bond donors (Lipinski definition) is 1. The van der Waals surface area contributed by atoms with Gasteiger partial charge in [0.25, 0.3) is 5.91 Å². The summed E-state index contributed by atoms with van der Waals surface area (Å²) in [6, 6.07) is 16.6. The molecule has 27 heavy (non-hydrogen) atoms. The van der Waals surface area contributed by atoms with Gasteiger partial charge in [-0.15, -0.1) is 0 Å². The predicted octanol–water partition coefficient (Wildman–Crippen LogP) is 3.31. The number of nitrogens with zero attached hydrogens (tertiary/aromatic N) is 2. The normalized spacial score (nSPS) is 10.4. The van der Waals surface area contributed by atoms with Gasteiger partial charge in [0.15, 0.2) is 6.61 Å². The van der Waals surface area contributed by atoms with Gasteiger partial charge >= 0.3 is 5.97 Å². The van der Waals surface area contributed by atoms with Crippen molar-refractivity contribution in [1.82, 2.24) is 15.1 Å². The first-order valence-electron chi connectivity index (χ1n) is 8.33. The summed E-state index contributed by atoms with van der Waals surface area (Å²) in [5, 5.41) is 7.54. The second-order valence-corrected chi connectivity index (χ2v) is 6.31. The van der Waals surface area contributed by atoms with Gasteiger partial charge < -0.3 is 10.1 Å². The van der Waals surface area contributed by atoms with Crippen LogP contribution in [0.1, 0.15) is 21.6 Å². The molecule has 0 saturated carbocycles. The van der Waals surface area contributed by atoms with Crippen LogP contribution in [0.4, 0.5) is 0 Å². The molecule has 0 fully saturated rings. The van der Waals surface area contributed by atoms with E-state index in [2.05, 4.69) is 10.4 Å². The summed E-state index contributed by atoms with van der Waals surface area (Å²) in [4.78, 5) is 24.2. The van der Waals surface area contributed by atoms with E-state index in [4.69, 9.17) is 16.3 Å². The Morgan fingerprint density at radius 3 is 2.52 bits per heavy atom. The van der Waals surface area contributed by atoms with Crippen molar-refractivity contribution in [2.75, 3.05) is 6.61 Å². The smallest absolute Gasteiger partial charge is 0.342 e. The third kappa shape index (κ3) is 4.74. The van der Waals surface area contributed by atoms with Crippen molar-refractivity contribution < 1.29 is 14.3 Å². The molecule has 0 atom stereocenters. The van der Waals surface area contributed by atoms with Gasteiger partial charge in [0.2, 0.25) is 0 Å². The molecule has 0 radical (unpaired) electrons. The molecule has 0 unspecified atom stereocenters. The molecule has 6 nitrogen and oxygen atoms in total. The minimum absolute atomic E-state index is 0.323. The van der Waals surface area contributed by atoms with Crippen LogP contribution in [0, 0.1) is 6.92 Å². The Morgan fingerprint density at radius 1 is 1.11 bits per heavy atom. The van der Waals surface area contributed by atoms with E-state index < -0.39 is 5.97 Å². The monoisotopic (exact) mass is 383 g/mol. The molecular formula is C20H18ClN3O3. The van der Waals surface area contributed by atoms with Crippen molar-refractivity contribution in [2.45, 2.75) is 13.5 Å². The van der Waals surface area contributed by atoms with E-state index in [9.17, 15) is 9.59 Å². The lowest BCUT2D eigenvalue weighted by Gasteiger charge is -2.07. The summed E-state index contributed by atoms with van der Waals surface area (Å²) >= 11 is 5.82. The predicted molar refractivity (Wildman–Crippen MR) is 102 cm³/mol. The van der Waals surface area contributed by atoms with Crippen LogP contribution >= 0.6 is 11.6 Å². The largest absolute Gasteiger partial charge is 0.452 e. The van der Waals surface area contributed by atoms with Crippen molar-refractivity contribution >= 4 is 23.5 Å². The Labute approximate surface area is 161 Å². The second-order valence-electron chi connectivity index (χ2n) is 5.87. The Hall–Kier alpha value is -3.12. The second kappa shape index (κ2) is 8.51. The highest BCUT2D eigenvalue weighted by atomic mass is 35.5. The number of carbonyl (C=O) groups excluding carboxylic acids is 2. The van der Waals surface area contributed by atoms with Gasteiger partial charge in [0.05, 0.1) is 17.6 Å². The van der Waals surface area contributed by atoms with E-state index in [0.29, 0.717) is 22.8 Å². The van der Waals surface area contributed by atoms with Gasteiger partial charge in [0, 0.05) is 11.6 Å². The lowest BCUT2D eigenvalue weighted by molar-refractivity contribution is -0.124. The van der Waals surface area contributed by atoms with Crippen molar-refractivity contribution in [3.63, 3.8) is 0 Å². The molecule has 1 N–H and O–H groups in total. The molecule has 138 valence electrons. The quantitative estimate of drug-likeness (QED) is 0.663. The van der Waals surface area contributed by atoms with Gasteiger partial charge in [-0.25, -0.2) is 9.48 Å². The molecule has 7 heteroatoms. The standard InChI is InChI=1S/C20H18ClN3O3/c1-14-18(12-23-24(14)17-5-3-2-4-6-17)20(26)27-13-19(25)22-11-15-7-9-16(21)10-8-15/h2-10,12H,11,13H2,1H3,(H,22,25). The maximum Gasteiger partial charge on any atom is 0.342 e. The fraction of sp³-hybridized carbons (Fsp3) is 0.150. The number of nitrogens with one attached hydrogen (secondary N) is 1. The Kier molecular flexibility index (Phi) is 5.88. The van der Waals surface area contributed by atoms with Gasteiger partial charge in [-0.3, -0.25) is 4.79 Å². The highest BCUT2D eigenvalue weighted by Crippen LogP contribution is 2.14. The van der Waals surface area contributed by atoms with Crippen molar-refractivity contribution in [3.05, 3.63) is 82.6 Å². The van der Waals surface area contributed by atoms with E-state index in [1.165, 1.54) is 6.20 Å². The summed E-state index contributed by atoms with van der Waals surface area (Å²) < 4.78 is 6.75. The topological polar surface area (TPSA) is 73.2 Å². The molecule has 1 aromatic heterocycles. The number of carbonyl (C=O) groups is 2. The number of amides is 1. The average Bonchev–Trinajstić information content (AvgIpc) is 3.08. The van der Waals surface area contributed by atoms with E-state index in [1.807, 2.05) is 42.5 Å². The number of halogens is 1. The zero-order valence-corrected chi connectivity index (χ0v) is 15.4. The molecule has 1 heterocycles. The number of rotatable bonds is 6. The molecular weight excluding hydrogens is 366 g/mol. The first kappa shape index (κ1) is 18.7. The van der Waals surface area contributed by atoms with Crippen molar-refractivity contribution in [1.29, 1.82) is 0 Å². The first-order valence-corrected chi connectivity index (χ1v) is 8.70. The Morgan fingerprint density at radius 2 is 1.81 bits per heavy atom. The molecule has 0 aliphatic heterocycles. The summed E-state index contributed by atoms with van der Waals surface area (Å²) in [7, 11) is 0. The van der Waals surface area contributed by atoms with E-state index in [0.717, 1.165) is 11.3 Å². The molecule has 3 aromatic rings. The van der Waals surface area contributed by atoms with Crippen molar-refractivity contribution in [3.8, 4) is 5.69 Å². The zero-order chi connectivity index (χ0) is 19.2. The Bertz CT molecular complexity index is 937. The Balaban J connectivity index is 1.54. The minimum Gasteiger partial charge on any atom is -0.452 e. The molecule has 1 amide bonds. The third-order valence-electron chi connectivity index (χ3n) is 3.97. The molecule has 0 aliphatic rings. The molecule has 2 aromatic carbocycles. The van der Waals surface area contributed by atoms with Gasteiger partial charge in [-0.1, -0.05) is 41.9 Å². The number of ether oxygens (including phenoxy) is 1.